The average molecular weight is 511 g/mol. The molecule has 3 N–H and O–H groups in total. The number of nitrogens with one attached hydrogen (secondary N) is 3. The SMILES string of the molecule is CC1CCCCC1NC(=O)c1ccc2[nH]c(-c3ccc(C(=O)NC4[C@H]5C[C@@H]6C[C@@H](C[C@H]4C6)C5)cc3)nc2c1. The molecular weight excluding hydrogens is 472 g/mol. The van der Waals surface area contributed by atoms with E-state index in [4.69, 9.17) is 4.98 Å². The van der Waals surface area contributed by atoms with Crippen LogP contribution in [0, 0.1) is 29.6 Å². The lowest BCUT2D eigenvalue weighted by Crippen LogP contribution is -2.55. The van der Waals surface area contributed by atoms with Crippen molar-refractivity contribution in [3.63, 3.8) is 0 Å². The summed E-state index contributed by atoms with van der Waals surface area (Å²) in [5.74, 6) is 4.43. The molecule has 5 aliphatic carbocycles. The fourth-order valence-corrected chi connectivity index (χ4v) is 8.24. The van der Waals surface area contributed by atoms with Gasteiger partial charge in [0.05, 0.1) is 11.0 Å². The molecule has 5 aliphatic rings. The van der Waals surface area contributed by atoms with Crippen LogP contribution in [0.5, 0.6) is 0 Å². The highest BCUT2D eigenvalue weighted by atomic mass is 16.2. The topological polar surface area (TPSA) is 86.9 Å². The van der Waals surface area contributed by atoms with Crippen LogP contribution in [-0.2, 0) is 0 Å². The number of amides is 2. The number of imidazole rings is 1. The van der Waals surface area contributed by atoms with Gasteiger partial charge in [0.1, 0.15) is 5.82 Å². The second kappa shape index (κ2) is 9.55. The smallest absolute Gasteiger partial charge is 0.251 e. The van der Waals surface area contributed by atoms with E-state index in [1.165, 1.54) is 51.4 Å². The summed E-state index contributed by atoms with van der Waals surface area (Å²) in [5, 5.41) is 6.64. The van der Waals surface area contributed by atoms with Crippen molar-refractivity contribution in [1.82, 2.24) is 20.6 Å². The van der Waals surface area contributed by atoms with Crippen LogP contribution >= 0.6 is 0 Å². The molecule has 0 radical (unpaired) electrons. The van der Waals surface area contributed by atoms with Crippen molar-refractivity contribution in [3.8, 4) is 11.4 Å². The molecule has 2 aromatic carbocycles. The Balaban J connectivity index is 1.03. The van der Waals surface area contributed by atoms with Crippen molar-refractivity contribution in [3.05, 3.63) is 53.6 Å². The van der Waals surface area contributed by atoms with E-state index in [1.54, 1.807) is 0 Å². The molecule has 0 spiro atoms. The summed E-state index contributed by atoms with van der Waals surface area (Å²) in [7, 11) is 0. The summed E-state index contributed by atoms with van der Waals surface area (Å²) < 4.78 is 0. The number of aromatic amines is 1. The molecular formula is C32H38N4O2. The second-order valence-corrected chi connectivity index (χ2v) is 12.7. The Morgan fingerprint density at radius 3 is 2.18 bits per heavy atom. The number of benzene rings is 2. The maximum Gasteiger partial charge on any atom is 0.251 e. The van der Waals surface area contributed by atoms with Gasteiger partial charge in [-0.2, -0.15) is 0 Å². The predicted octanol–water partition coefficient (Wildman–Crippen LogP) is 6.09. The third kappa shape index (κ3) is 4.42. The van der Waals surface area contributed by atoms with Gasteiger partial charge < -0.3 is 15.6 Å². The van der Waals surface area contributed by atoms with E-state index < -0.39 is 0 Å². The molecule has 198 valence electrons. The first kappa shape index (κ1) is 23.9. The van der Waals surface area contributed by atoms with E-state index in [9.17, 15) is 9.59 Å². The monoisotopic (exact) mass is 510 g/mol. The fourth-order valence-electron chi connectivity index (χ4n) is 8.24. The Kier molecular flexibility index (Phi) is 6.01. The van der Waals surface area contributed by atoms with Gasteiger partial charge in [0.2, 0.25) is 0 Å². The van der Waals surface area contributed by atoms with Crippen molar-refractivity contribution in [2.24, 2.45) is 29.6 Å². The molecule has 2 unspecified atom stereocenters. The lowest BCUT2D eigenvalue weighted by molar-refractivity contribution is -0.0119. The summed E-state index contributed by atoms with van der Waals surface area (Å²) in [6.07, 6.45) is 11.3. The van der Waals surface area contributed by atoms with Crippen LogP contribution in [0.3, 0.4) is 0 Å². The molecule has 5 fully saturated rings. The molecule has 3 aromatic rings. The first-order valence-electron chi connectivity index (χ1n) is 14.7. The Morgan fingerprint density at radius 2 is 1.47 bits per heavy atom. The van der Waals surface area contributed by atoms with Gasteiger partial charge in [0.25, 0.3) is 11.8 Å². The van der Waals surface area contributed by atoms with Crippen LogP contribution in [0.1, 0.15) is 85.4 Å². The number of hydrogen-bond donors (Lipinski definition) is 3. The molecule has 6 nitrogen and oxygen atoms in total. The van der Waals surface area contributed by atoms with Crippen LogP contribution in [-0.4, -0.2) is 33.9 Å². The zero-order valence-corrected chi connectivity index (χ0v) is 22.2. The first-order chi connectivity index (χ1) is 18.5. The highest BCUT2D eigenvalue weighted by molar-refractivity contribution is 5.98. The third-order valence-corrected chi connectivity index (χ3v) is 10.1. The molecule has 2 atom stereocenters. The summed E-state index contributed by atoms with van der Waals surface area (Å²) in [5.41, 5.74) is 3.94. The summed E-state index contributed by atoms with van der Waals surface area (Å²) in [4.78, 5) is 34.2. The predicted molar refractivity (Wildman–Crippen MR) is 149 cm³/mol. The van der Waals surface area contributed by atoms with Gasteiger partial charge in [0, 0.05) is 28.8 Å². The van der Waals surface area contributed by atoms with Gasteiger partial charge in [-0.25, -0.2) is 4.98 Å². The lowest BCUT2D eigenvalue weighted by atomic mass is 9.54. The van der Waals surface area contributed by atoms with Gasteiger partial charge in [-0.1, -0.05) is 31.9 Å². The van der Waals surface area contributed by atoms with Crippen molar-refractivity contribution in [1.29, 1.82) is 0 Å². The standard InChI is InChI=1S/C32H38N4O2/c1-18-4-2-3-5-26(18)35-32(38)23-10-11-27-28(17-23)34-30(33-27)21-6-8-22(9-7-21)31(37)36-29-24-13-19-12-20(15-24)16-25(29)14-19/h6-11,17-20,24-26,29H,2-5,12-16H2,1H3,(H,33,34)(H,35,38)(H,36,37)/t18?,19-,20+,24-,25+,26?,29?. The van der Waals surface area contributed by atoms with E-state index in [2.05, 4.69) is 22.5 Å². The normalized spacial score (nSPS) is 31.9. The summed E-state index contributed by atoms with van der Waals surface area (Å²) in [6.45, 7) is 2.23. The summed E-state index contributed by atoms with van der Waals surface area (Å²) >= 11 is 0. The molecule has 5 saturated carbocycles. The van der Waals surface area contributed by atoms with Crippen LogP contribution in [0.2, 0.25) is 0 Å². The highest BCUT2D eigenvalue weighted by Crippen LogP contribution is 2.53. The first-order valence-corrected chi connectivity index (χ1v) is 14.7. The molecule has 38 heavy (non-hydrogen) atoms. The second-order valence-electron chi connectivity index (χ2n) is 12.7. The number of fused-ring (bicyclic) bond motifs is 1. The van der Waals surface area contributed by atoms with E-state index >= 15 is 0 Å². The zero-order valence-electron chi connectivity index (χ0n) is 22.2. The third-order valence-electron chi connectivity index (χ3n) is 10.1. The highest BCUT2D eigenvalue weighted by Gasteiger charge is 2.48. The molecule has 4 bridgehead atoms. The van der Waals surface area contributed by atoms with Gasteiger partial charge in [-0.15, -0.1) is 0 Å². The number of aromatic nitrogens is 2. The van der Waals surface area contributed by atoms with Crippen molar-refractivity contribution < 1.29 is 9.59 Å². The molecule has 8 rings (SSSR count). The Labute approximate surface area is 224 Å². The number of nitrogens with zero attached hydrogens (tertiary/aromatic N) is 1. The molecule has 6 heteroatoms. The van der Waals surface area contributed by atoms with Crippen LogP contribution < -0.4 is 10.6 Å². The molecule has 1 heterocycles. The van der Waals surface area contributed by atoms with Crippen molar-refractivity contribution >= 4 is 22.8 Å². The maximum atomic E-state index is 13.1. The largest absolute Gasteiger partial charge is 0.349 e. The zero-order chi connectivity index (χ0) is 25.8. The van der Waals surface area contributed by atoms with Crippen LogP contribution in [0.4, 0.5) is 0 Å². The fraction of sp³-hybridized carbons (Fsp3) is 0.531. The number of H-pyrrole nitrogens is 1. The molecule has 2 amide bonds. The number of carbonyl (C=O) groups is 2. The number of rotatable bonds is 5. The van der Waals surface area contributed by atoms with Crippen molar-refractivity contribution in [2.45, 2.75) is 76.8 Å². The van der Waals surface area contributed by atoms with Crippen LogP contribution in [0.25, 0.3) is 22.4 Å². The Bertz CT molecular complexity index is 1330. The van der Waals surface area contributed by atoms with Gasteiger partial charge in [0.15, 0.2) is 0 Å². The van der Waals surface area contributed by atoms with Gasteiger partial charge >= 0.3 is 0 Å². The quantitative estimate of drug-likeness (QED) is 0.388. The van der Waals surface area contributed by atoms with Gasteiger partial charge in [-0.05, 0) is 105 Å². The van der Waals surface area contributed by atoms with E-state index in [0.29, 0.717) is 34.9 Å². The van der Waals surface area contributed by atoms with E-state index in [1.807, 2.05) is 42.5 Å². The average Bonchev–Trinajstić information content (AvgIpc) is 3.35. The minimum atomic E-state index is -0.0234. The molecule has 0 aliphatic heterocycles. The molecule has 1 aromatic heterocycles. The van der Waals surface area contributed by atoms with Crippen molar-refractivity contribution in [2.75, 3.05) is 0 Å². The lowest BCUT2D eigenvalue weighted by Gasteiger charge is -2.54. The molecule has 0 saturated heterocycles. The Morgan fingerprint density at radius 1 is 0.816 bits per heavy atom. The number of carbonyl (C=O) groups excluding carboxylic acids is 2. The minimum Gasteiger partial charge on any atom is -0.349 e. The van der Waals surface area contributed by atoms with Crippen LogP contribution in [0.15, 0.2) is 42.5 Å². The van der Waals surface area contributed by atoms with Gasteiger partial charge in [-0.3, -0.25) is 9.59 Å². The Hall–Kier alpha value is -3.15. The number of hydrogen-bond acceptors (Lipinski definition) is 3. The minimum absolute atomic E-state index is 0.0234. The maximum absolute atomic E-state index is 13.1. The van der Waals surface area contributed by atoms with E-state index in [-0.39, 0.29) is 17.9 Å². The summed E-state index contributed by atoms with van der Waals surface area (Å²) in [6, 6.07) is 14.0. The van der Waals surface area contributed by atoms with E-state index in [0.717, 1.165) is 40.7 Å².